The van der Waals surface area contributed by atoms with Crippen LogP contribution >= 0.6 is 0 Å². The lowest BCUT2D eigenvalue weighted by Gasteiger charge is -2.41. The number of carboxylic acid groups (broad SMARTS) is 1. The zero-order valence-corrected chi connectivity index (χ0v) is 11.6. The van der Waals surface area contributed by atoms with Crippen LogP contribution in [-0.4, -0.2) is 34.0 Å². The van der Waals surface area contributed by atoms with E-state index in [0.717, 1.165) is 12.8 Å². The number of carbonyl (C=O) groups excluding carboxylic acids is 1. The standard InChI is InChI=1S/C15H18FNO3/c1-10-9-11(5-6-12(10)16)13(18)17-8-4-3-7-15(17,2)14(19)20/h5-6,9H,3-4,7-8H2,1-2H3,(H,19,20). The number of carboxylic acids is 1. The molecule has 0 radical (unpaired) electrons. The average molecular weight is 279 g/mol. The molecule has 5 heteroatoms. The molecule has 108 valence electrons. The number of halogens is 1. The maximum absolute atomic E-state index is 13.3. The van der Waals surface area contributed by atoms with E-state index in [1.165, 1.54) is 23.1 Å². The lowest BCUT2D eigenvalue weighted by Crippen LogP contribution is -2.57. The van der Waals surface area contributed by atoms with Crippen molar-refractivity contribution in [1.29, 1.82) is 0 Å². The fourth-order valence-corrected chi connectivity index (χ4v) is 2.60. The molecule has 1 saturated heterocycles. The van der Waals surface area contributed by atoms with Gasteiger partial charge in [0.15, 0.2) is 0 Å². The molecule has 1 aromatic rings. The lowest BCUT2D eigenvalue weighted by molar-refractivity contribution is -0.150. The van der Waals surface area contributed by atoms with Crippen molar-refractivity contribution in [2.75, 3.05) is 6.54 Å². The number of benzene rings is 1. The van der Waals surface area contributed by atoms with Crippen LogP contribution in [0.15, 0.2) is 18.2 Å². The zero-order valence-electron chi connectivity index (χ0n) is 11.6. The smallest absolute Gasteiger partial charge is 0.329 e. The van der Waals surface area contributed by atoms with E-state index in [1.54, 1.807) is 13.8 Å². The van der Waals surface area contributed by atoms with Crippen molar-refractivity contribution in [3.05, 3.63) is 35.1 Å². The molecule has 0 spiro atoms. The number of rotatable bonds is 2. The minimum Gasteiger partial charge on any atom is -0.480 e. The van der Waals surface area contributed by atoms with Crippen molar-refractivity contribution in [3.63, 3.8) is 0 Å². The second-order valence-electron chi connectivity index (χ2n) is 5.46. The van der Waals surface area contributed by atoms with Crippen molar-refractivity contribution in [2.45, 2.75) is 38.6 Å². The Morgan fingerprint density at radius 2 is 2.05 bits per heavy atom. The highest BCUT2D eigenvalue weighted by Gasteiger charge is 2.44. The first-order chi connectivity index (χ1) is 9.36. The second kappa shape index (κ2) is 5.23. The molecule has 20 heavy (non-hydrogen) atoms. The Bertz CT molecular complexity index is 558. The molecule has 1 N–H and O–H groups in total. The van der Waals surface area contributed by atoms with Crippen molar-refractivity contribution < 1.29 is 19.1 Å². The van der Waals surface area contributed by atoms with Crippen LogP contribution in [0.4, 0.5) is 4.39 Å². The molecule has 1 heterocycles. The predicted octanol–water partition coefficient (Wildman–Crippen LogP) is 2.60. The third kappa shape index (κ3) is 2.40. The van der Waals surface area contributed by atoms with Gasteiger partial charge in [-0.3, -0.25) is 4.79 Å². The van der Waals surface area contributed by atoms with E-state index in [9.17, 15) is 19.1 Å². The minimum absolute atomic E-state index is 0.332. The normalized spacial score (nSPS) is 22.6. The van der Waals surface area contributed by atoms with E-state index in [2.05, 4.69) is 0 Å². The topological polar surface area (TPSA) is 57.6 Å². The summed E-state index contributed by atoms with van der Waals surface area (Å²) in [5.74, 6) is -1.72. The monoisotopic (exact) mass is 279 g/mol. The average Bonchev–Trinajstić information content (AvgIpc) is 2.41. The Hall–Kier alpha value is -1.91. The molecular formula is C15H18FNO3. The van der Waals surface area contributed by atoms with Gasteiger partial charge in [0.2, 0.25) is 0 Å². The molecule has 1 aliphatic heterocycles. The number of hydrogen-bond acceptors (Lipinski definition) is 2. The number of hydrogen-bond donors (Lipinski definition) is 1. The van der Waals surface area contributed by atoms with Crippen LogP contribution in [0.5, 0.6) is 0 Å². The van der Waals surface area contributed by atoms with Gasteiger partial charge >= 0.3 is 5.97 Å². The van der Waals surface area contributed by atoms with Gasteiger partial charge in [-0.1, -0.05) is 0 Å². The summed E-state index contributed by atoms with van der Waals surface area (Å²) in [4.78, 5) is 25.4. The number of piperidine rings is 1. The molecule has 1 fully saturated rings. The van der Waals surface area contributed by atoms with Gasteiger partial charge in [-0.15, -0.1) is 0 Å². The van der Waals surface area contributed by atoms with E-state index in [1.807, 2.05) is 0 Å². The molecular weight excluding hydrogens is 261 g/mol. The van der Waals surface area contributed by atoms with Gasteiger partial charge in [0, 0.05) is 12.1 Å². The van der Waals surface area contributed by atoms with Crippen molar-refractivity contribution in [1.82, 2.24) is 4.90 Å². The van der Waals surface area contributed by atoms with Crippen LogP contribution in [0.2, 0.25) is 0 Å². The quantitative estimate of drug-likeness (QED) is 0.905. The molecule has 2 rings (SSSR count). The van der Waals surface area contributed by atoms with E-state index in [-0.39, 0.29) is 11.7 Å². The number of aliphatic carboxylic acids is 1. The maximum Gasteiger partial charge on any atom is 0.329 e. The molecule has 0 saturated carbocycles. The lowest BCUT2D eigenvalue weighted by atomic mass is 9.87. The highest BCUT2D eigenvalue weighted by Crippen LogP contribution is 2.30. The van der Waals surface area contributed by atoms with Crippen LogP contribution in [0, 0.1) is 12.7 Å². The summed E-state index contributed by atoms with van der Waals surface area (Å²) in [7, 11) is 0. The summed E-state index contributed by atoms with van der Waals surface area (Å²) < 4.78 is 13.3. The highest BCUT2D eigenvalue weighted by molar-refractivity contribution is 5.98. The minimum atomic E-state index is -1.18. The number of aryl methyl sites for hydroxylation is 1. The first-order valence-electron chi connectivity index (χ1n) is 6.68. The largest absolute Gasteiger partial charge is 0.480 e. The third-order valence-electron chi connectivity index (χ3n) is 4.00. The van der Waals surface area contributed by atoms with Crippen LogP contribution in [0.1, 0.15) is 42.1 Å². The van der Waals surface area contributed by atoms with Gasteiger partial charge in [-0.05, 0) is 56.9 Å². The van der Waals surface area contributed by atoms with Gasteiger partial charge in [-0.25, -0.2) is 9.18 Å². The first kappa shape index (κ1) is 14.5. The van der Waals surface area contributed by atoms with Gasteiger partial charge in [0.05, 0.1) is 0 Å². The van der Waals surface area contributed by atoms with Crippen molar-refractivity contribution in [2.24, 2.45) is 0 Å². The van der Waals surface area contributed by atoms with Crippen molar-refractivity contribution in [3.8, 4) is 0 Å². The summed E-state index contributed by atoms with van der Waals surface area (Å²) in [5, 5.41) is 9.41. The third-order valence-corrected chi connectivity index (χ3v) is 4.00. The first-order valence-corrected chi connectivity index (χ1v) is 6.68. The van der Waals surface area contributed by atoms with Gasteiger partial charge < -0.3 is 10.0 Å². The Morgan fingerprint density at radius 1 is 1.35 bits per heavy atom. The van der Waals surface area contributed by atoms with Crippen LogP contribution in [-0.2, 0) is 4.79 Å². The molecule has 1 atom stereocenters. The summed E-state index contributed by atoms with van der Waals surface area (Å²) >= 11 is 0. The number of carbonyl (C=O) groups is 2. The number of nitrogens with zero attached hydrogens (tertiary/aromatic N) is 1. The molecule has 0 bridgehead atoms. The van der Waals surface area contributed by atoms with Crippen LogP contribution in [0.25, 0.3) is 0 Å². The predicted molar refractivity (Wildman–Crippen MR) is 72.1 cm³/mol. The van der Waals surface area contributed by atoms with Crippen LogP contribution < -0.4 is 0 Å². The Balaban J connectivity index is 2.35. The van der Waals surface area contributed by atoms with E-state index in [0.29, 0.717) is 24.1 Å². The summed E-state index contributed by atoms with van der Waals surface area (Å²) in [6.07, 6.45) is 2.01. The van der Waals surface area contributed by atoms with Gasteiger partial charge in [0.25, 0.3) is 5.91 Å². The molecule has 0 aliphatic carbocycles. The molecule has 1 aromatic carbocycles. The summed E-state index contributed by atoms with van der Waals surface area (Å²) in [6.45, 7) is 3.57. The Labute approximate surface area is 117 Å². The Morgan fingerprint density at radius 3 is 2.65 bits per heavy atom. The van der Waals surface area contributed by atoms with E-state index >= 15 is 0 Å². The SMILES string of the molecule is Cc1cc(C(=O)N2CCCCC2(C)C(=O)O)ccc1F. The second-order valence-corrected chi connectivity index (χ2v) is 5.46. The molecule has 4 nitrogen and oxygen atoms in total. The van der Waals surface area contributed by atoms with E-state index in [4.69, 9.17) is 0 Å². The number of amides is 1. The Kier molecular flexibility index (Phi) is 3.79. The van der Waals surface area contributed by atoms with Crippen molar-refractivity contribution >= 4 is 11.9 Å². The van der Waals surface area contributed by atoms with Crippen LogP contribution in [0.3, 0.4) is 0 Å². The molecule has 1 amide bonds. The summed E-state index contributed by atoms with van der Waals surface area (Å²) in [6, 6.07) is 4.11. The summed E-state index contributed by atoms with van der Waals surface area (Å²) in [5.41, 5.74) is -0.472. The fraction of sp³-hybridized carbons (Fsp3) is 0.467. The highest BCUT2D eigenvalue weighted by atomic mass is 19.1. The fourth-order valence-electron chi connectivity index (χ4n) is 2.60. The molecule has 1 unspecified atom stereocenters. The molecule has 0 aromatic heterocycles. The van der Waals surface area contributed by atoms with E-state index < -0.39 is 11.5 Å². The molecule has 1 aliphatic rings. The van der Waals surface area contributed by atoms with Gasteiger partial charge in [-0.2, -0.15) is 0 Å². The van der Waals surface area contributed by atoms with Gasteiger partial charge in [0.1, 0.15) is 11.4 Å². The zero-order chi connectivity index (χ0) is 14.9. The maximum atomic E-state index is 13.3. The number of likely N-dealkylation sites (tertiary alicyclic amines) is 1.